The van der Waals surface area contributed by atoms with Crippen LogP contribution in [0, 0.1) is 0 Å². The molecule has 0 radical (unpaired) electrons. The predicted molar refractivity (Wildman–Crippen MR) is 93.0 cm³/mol. The summed E-state index contributed by atoms with van der Waals surface area (Å²) in [5.41, 5.74) is 0. The van der Waals surface area contributed by atoms with E-state index in [1.165, 1.54) is 6.07 Å². The highest BCUT2D eigenvalue weighted by Gasteiger charge is 2.45. The summed E-state index contributed by atoms with van der Waals surface area (Å²) in [4.78, 5) is 2.22. The zero-order valence-electron chi connectivity index (χ0n) is 13.3. The molecule has 0 spiro atoms. The number of sulfone groups is 2. The second-order valence-electron chi connectivity index (χ2n) is 6.11. The summed E-state index contributed by atoms with van der Waals surface area (Å²) in [7, 11) is -6.97. The SMILES string of the molecule is O=S1(=O)C[C@H](NCCN2CCOCC2)[C@@H](S(=O)(=O)c2cccs2)C1. The molecule has 2 saturated heterocycles. The van der Waals surface area contributed by atoms with Crippen LogP contribution >= 0.6 is 11.3 Å². The average Bonchev–Trinajstić information content (AvgIpc) is 3.17. The molecule has 2 fully saturated rings. The molecule has 3 heterocycles. The van der Waals surface area contributed by atoms with Gasteiger partial charge in [-0.3, -0.25) is 4.90 Å². The standard InChI is InChI=1S/C14H22N2O5S3/c17-23(18)10-12(15-3-4-16-5-7-21-8-6-16)13(11-23)24(19,20)14-2-1-9-22-14/h1-2,9,12-13,15H,3-8,10-11H2/t12-,13-/m0/s1. The second-order valence-corrected chi connectivity index (χ2v) is 11.6. The van der Waals surface area contributed by atoms with Crippen molar-refractivity contribution in [1.82, 2.24) is 10.2 Å². The average molecular weight is 395 g/mol. The van der Waals surface area contributed by atoms with E-state index in [1.54, 1.807) is 11.4 Å². The molecule has 24 heavy (non-hydrogen) atoms. The fraction of sp³-hybridized carbons (Fsp3) is 0.714. The molecule has 7 nitrogen and oxygen atoms in total. The van der Waals surface area contributed by atoms with Crippen LogP contribution in [0.1, 0.15) is 0 Å². The first kappa shape index (κ1) is 18.3. The lowest BCUT2D eigenvalue weighted by atomic mass is 10.2. The van der Waals surface area contributed by atoms with Crippen LogP contribution in [0.2, 0.25) is 0 Å². The van der Waals surface area contributed by atoms with Crippen molar-refractivity contribution in [1.29, 1.82) is 0 Å². The van der Waals surface area contributed by atoms with E-state index in [1.807, 2.05) is 0 Å². The van der Waals surface area contributed by atoms with E-state index in [0.29, 0.717) is 19.8 Å². The third kappa shape index (κ3) is 4.17. The maximum atomic E-state index is 12.7. The highest BCUT2D eigenvalue weighted by Crippen LogP contribution is 2.28. The minimum absolute atomic E-state index is 0.120. The summed E-state index contributed by atoms with van der Waals surface area (Å²) < 4.78 is 55.0. The van der Waals surface area contributed by atoms with Gasteiger partial charge in [0.25, 0.3) is 0 Å². The summed E-state index contributed by atoms with van der Waals surface area (Å²) in [6.07, 6.45) is 0. The van der Waals surface area contributed by atoms with Crippen molar-refractivity contribution in [2.75, 3.05) is 50.9 Å². The molecule has 2 aliphatic rings. The summed E-state index contributed by atoms with van der Waals surface area (Å²) in [5.74, 6) is -0.423. The number of rotatable bonds is 6. The Labute approximate surface area is 146 Å². The lowest BCUT2D eigenvalue weighted by molar-refractivity contribution is 0.0382. The van der Waals surface area contributed by atoms with Crippen molar-refractivity contribution in [3.8, 4) is 0 Å². The van der Waals surface area contributed by atoms with Gasteiger partial charge < -0.3 is 10.1 Å². The van der Waals surface area contributed by atoms with E-state index in [2.05, 4.69) is 10.2 Å². The van der Waals surface area contributed by atoms with Crippen molar-refractivity contribution in [2.24, 2.45) is 0 Å². The third-order valence-electron chi connectivity index (χ3n) is 4.41. The summed E-state index contributed by atoms with van der Waals surface area (Å²) in [6.45, 7) is 4.42. The Bertz CT molecular complexity index is 739. The van der Waals surface area contributed by atoms with Gasteiger partial charge in [0.1, 0.15) is 4.21 Å². The molecule has 0 unspecified atom stereocenters. The number of nitrogens with one attached hydrogen (secondary N) is 1. The zero-order valence-corrected chi connectivity index (χ0v) is 15.7. The van der Waals surface area contributed by atoms with Gasteiger partial charge in [-0.25, -0.2) is 16.8 Å². The Morgan fingerprint density at radius 2 is 2.04 bits per heavy atom. The van der Waals surface area contributed by atoms with Crippen molar-refractivity contribution in [2.45, 2.75) is 15.5 Å². The third-order valence-corrected chi connectivity index (χ3v) is 9.99. The second kappa shape index (κ2) is 7.38. The molecular weight excluding hydrogens is 372 g/mol. The largest absolute Gasteiger partial charge is 0.379 e. The van der Waals surface area contributed by atoms with Crippen LogP contribution in [0.4, 0.5) is 0 Å². The van der Waals surface area contributed by atoms with E-state index >= 15 is 0 Å². The lowest BCUT2D eigenvalue weighted by Crippen LogP contribution is -2.47. The number of ether oxygens (including phenoxy) is 1. The fourth-order valence-electron chi connectivity index (χ4n) is 3.12. The van der Waals surface area contributed by atoms with Crippen LogP contribution in [0.15, 0.2) is 21.7 Å². The summed E-state index contributed by atoms with van der Waals surface area (Å²) >= 11 is 1.13. The number of hydrogen-bond acceptors (Lipinski definition) is 8. The van der Waals surface area contributed by atoms with Gasteiger partial charge in [-0.05, 0) is 11.4 Å². The first-order valence-electron chi connectivity index (χ1n) is 7.90. The molecule has 0 bridgehead atoms. The van der Waals surface area contributed by atoms with Crippen LogP contribution in [-0.4, -0.2) is 83.9 Å². The molecule has 1 aromatic heterocycles. The number of hydrogen-bond donors (Lipinski definition) is 1. The summed E-state index contributed by atoms with van der Waals surface area (Å²) in [5, 5.41) is 3.95. The lowest BCUT2D eigenvalue weighted by Gasteiger charge is -2.27. The van der Waals surface area contributed by atoms with E-state index in [9.17, 15) is 16.8 Å². The minimum Gasteiger partial charge on any atom is -0.379 e. The van der Waals surface area contributed by atoms with Crippen LogP contribution in [0.3, 0.4) is 0 Å². The van der Waals surface area contributed by atoms with Gasteiger partial charge in [0, 0.05) is 32.2 Å². The van der Waals surface area contributed by atoms with E-state index in [0.717, 1.165) is 31.0 Å². The van der Waals surface area contributed by atoms with E-state index in [4.69, 9.17) is 4.74 Å². The predicted octanol–water partition coefficient (Wildman–Crippen LogP) is -0.391. The molecule has 2 aliphatic heterocycles. The molecule has 0 aliphatic carbocycles. The van der Waals surface area contributed by atoms with Gasteiger partial charge in [-0.15, -0.1) is 11.3 Å². The zero-order chi connectivity index (χ0) is 17.2. The Morgan fingerprint density at radius 3 is 2.71 bits per heavy atom. The number of nitrogens with zero attached hydrogens (tertiary/aromatic N) is 1. The molecule has 3 rings (SSSR count). The van der Waals surface area contributed by atoms with Crippen molar-refractivity contribution in [3.05, 3.63) is 17.5 Å². The monoisotopic (exact) mass is 394 g/mol. The van der Waals surface area contributed by atoms with Crippen molar-refractivity contribution in [3.63, 3.8) is 0 Å². The molecule has 10 heteroatoms. The van der Waals surface area contributed by atoms with E-state index in [-0.39, 0.29) is 15.7 Å². The Hall–Kier alpha value is -0.520. The summed E-state index contributed by atoms with van der Waals surface area (Å²) in [6, 6.07) is 2.65. The van der Waals surface area contributed by atoms with Gasteiger partial charge in [0.2, 0.25) is 0 Å². The van der Waals surface area contributed by atoms with Gasteiger partial charge in [0.05, 0.1) is 30.0 Å². The Balaban J connectivity index is 1.66. The van der Waals surface area contributed by atoms with Crippen LogP contribution < -0.4 is 5.32 Å². The number of thiophene rings is 1. The molecule has 0 saturated carbocycles. The van der Waals surface area contributed by atoms with Gasteiger partial charge in [-0.1, -0.05) is 6.07 Å². The van der Waals surface area contributed by atoms with Crippen molar-refractivity contribution >= 4 is 31.0 Å². The van der Waals surface area contributed by atoms with Crippen LogP contribution in [0.25, 0.3) is 0 Å². The highest BCUT2D eigenvalue weighted by molar-refractivity contribution is 7.97. The smallest absolute Gasteiger partial charge is 0.193 e. The van der Waals surface area contributed by atoms with Crippen LogP contribution in [0.5, 0.6) is 0 Å². The maximum Gasteiger partial charge on any atom is 0.193 e. The molecule has 136 valence electrons. The van der Waals surface area contributed by atoms with Gasteiger partial charge >= 0.3 is 0 Å². The normalized spacial score (nSPS) is 28.2. The molecule has 1 aromatic rings. The number of morpholine rings is 1. The highest BCUT2D eigenvalue weighted by atomic mass is 32.2. The molecule has 1 N–H and O–H groups in total. The van der Waals surface area contributed by atoms with Gasteiger partial charge in [0.15, 0.2) is 19.7 Å². The fourth-order valence-corrected chi connectivity index (χ4v) is 9.06. The van der Waals surface area contributed by atoms with E-state index < -0.39 is 31.0 Å². The Morgan fingerprint density at radius 1 is 1.29 bits per heavy atom. The van der Waals surface area contributed by atoms with Crippen molar-refractivity contribution < 1.29 is 21.6 Å². The Kier molecular flexibility index (Phi) is 5.62. The van der Waals surface area contributed by atoms with Gasteiger partial charge in [-0.2, -0.15) is 0 Å². The minimum atomic E-state index is -3.63. The maximum absolute atomic E-state index is 12.7. The molecule has 0 amide bonds. The first-order valence-corrected chi connectivity index (χ1v) is 12.1. The molecular formula is C14H22N2O5S3. The topological polar surface area (TPSA) is 92.8 Å². The quantitative estimate of drug-likeness (QED) is 0.702. The van der Waals surface area contributed by atoms with Crippen LogP contribution in [-0.2, 0) is 24.4 Å². The molecule has 0 aromatic carbocycles. The molecule has 2 atom stereocenters. The first-order chi connectivity index (χ1) is 11.4.